The van der Waals surface area contributed by atoms with E-state index in [2.05, 4.69) is 45.2 Å². The third kappa shape index (κ3) is 6.23. The quantitative estimate of drug-likeness (QED) is 0.361. The Bertz CT molecular complexity index is 1160. The smallest absolute Gasteiger partial charge is 0.407 e. The molecule has 1 aromatic heterocycles. The van der Waals surface area contributed by atoms with Gasteiger partial charge in [-0.25, -0.2) is 9.48 Å². The fraction of sp³-hybridized carbons (Fsp3) is 0.320. The number of alkyl carbamates (subject to hydrolysis) is 1. The summed E-state index contributed by atoms with van der Waals surface area (Å²) in [6.07, 6.45) is 2.54. The number of hydrogen-bond donors (Lipinski definition) is 3. The number of carboxylic acid groups (broad SMARTS) is 1. The number of hydrogen-bond acceptors (Lipinski definition) is 6. The molecule has 2 aromatic carbocycles. The predicted molar refractivity (Wildman–Crippen MR) is 126 cm³/mol. The van der Waals surface area contributed by atoms with Crippen molar-refractivity contribution in [3.63, 3.8) is 0 Å². The minimum Gasteiger partial charge on any atom is -0.480 e. The van der Waals surface area contributed by atoms with Crippen LogP contribution in [0.3, 0.4) is 0 Å². The molecule has 3 aromatic rings. The monoisotopic (exact) mass is 477 g/mol. The van der Waals surface area contributed by atoms with E-state index in [4.69, 9.17) is 9.84 Å². The molecule has 1 aliphatic carbocycles. The first-order valence-electron chi connectivity index (χ1n) is 11.5. The summed E-state index contributed by atoms with van der Waals surface area (Å²) in [6.45, 7) is 0.570. The number of nitrogens with zero attached hydrogens (tertiary/aromatic N) is 3. The van der Waals surface area contributed by atoms with Crippen molar-refractivity contribution in [3.05, 3.63) is 71.5 Å². The summed E-state index contributed by atoms with van der Waals surface area (Å²) < 4.78 is 6.69. The summed E-state index contributed by atoms with van der Waals surface area (Å²) in [6, 6.07) is 16.3. The van der Waals surface area contributed by atoms with Crippen molar-refractivity contribution >= 4 is 18.0 Å². The van der Waals surface area contributed by atoms with Crippen LogP contribution < -0.4 is 10.6 Å². The molecule has 0 bridgehead atoms. The molecule has 0 radical (unpaired) electrons. The Balaban J connectivity index is 1.12. The molecule has 0 fully saturated rings. The van der Waals surface area contributed by atoms with Crippen LogP contribution in [-0.2, 0) is 27.4 Å². The molecular weight excluding hydrogens is 450 g/mol. The molecule has 10 nitrogen and oxygen atoms in total. The first-order valence-corrected chi connectivity index (χ1v) is 11.5. The highest BCUT2D eigenvalue weighted by Crippen LogP contribution is 2.44. The second kappa shape index (κ2) is 11.3. The molecule has 10 heteroatoms. The van der Waals surface area contributed by atoms with Crippen molar-refractivity contribution in [3.8, 4) is 11.1 Å². The van der Waals surface area contributed by atoms with Gasteiger partial charge in [-0.2, -0.15) is 0 Å². The number of benzene rings is 2. The lowest BCUT2D eigenvalue weighted by atomic mass is 9.98. The average Bonchev–Trinajstić information content (AvgIpc) is 3.43. The summed E-state index contributed by atoms with van der Waals surface area (Å²) in [4.78, 5) is 34.8. The van der Waals surface area contributed by atoms with Crippen LogP contribution in [-0.4, -0.2) is 51.2 Å². The Kier molecular flexibility index (Phi) is 7.71. The first-order chi connectivity index (χ1) is 17.0. The average molecular weight is 478 g/mol. The molecule has 4 rings (SSSR count). The molecule has 1 aliphatic rings. The van der Waals surface area contributed by atoms with Crippen molar-refractivity contribution in [2.75, 3.05) is 13.2 Å². The van der Waals surface area contributed by atoms with Gasteiger partial charge in [-0.15, -0.1) is 5.10 Å². The minimum absolute atomic E-state index is 0.0163. The lowest BCUT2D eigenvalue weighted by molar-refractivity contribution is -0.138. The molecule has 0 atom stereocenters. The highest BCUT2D eigenvalue weighted by Gasteiger charge is 2.28. The van der Waals surface area contributed by atoms with Crippen LogP contribution in [0.15, 0.2) is 54.7 Å². The topological polar surface area (TPSA) is 135 Å². The molecule has 35 heavy (non-hydrogen) atoms. The van der Waals surface area contributed by atoms with Crippen molar-refractivity contribution in [1.29, 1.82) is 0 Å². The zero-order valence-corrected chi connectivity index (χ0v) is 19.1. The predicted octanol–water partition coefficient (Wildman–Crippen LogP) is 2.69. The lowest BCUT2D eigenvalue weighted by Gasteiger charge is -2.14. The number of nitrogens with one attached hydrogen (secondary N) is 2. The maximum Gasteiger partial charge on any atom is 0.407 e. The normalized spacial score (nSPS) is 12.0. The van der Waals surface area contributed by atoms with Gasteiger partial charge < -0.3 is 20.5 Å². The minimum atomic E-state index is -1.02. The molecule has 0 aliphatic heterocycles. The van der Waals surface area contributed by atoms with Gasteiger partial charge in [-0.1, -0.05) is 53.7 Å². The van der Waals surface area contributed by atoms with Crippen molar-refractivity contribution in [1.82, 2.24) is 25.6 Å². The van der Waals surface area contributed by atoms with Gasteiger partial charge in [0.05, 0.1) is 12.7 Å². The van der Waals surface area contributed by atoms with E-state index in [1.54, 1.807) is 0 Å². The van der Waals surface area contributed by atoms with E-state index >= 15 is 0 Å². The molecule has 0 saturated carbocycles. The van der Waals surface area contributed by atoms with Crippen LogP contribution in [0.4, 0.5) is 4.79 Å². The standard InChI is InChI=1S/C25H27N5O5/c31-23(27-13-17-14-30(29-28-17)15-24(32)33)11-5-6-12-26-25(34)35-16-22-20-9-3-1-7-18(20)19-8-2-4-10-21(19)22/h1-4,7-10,14,22H,5-6,11-13,15-16H2,(H,26,34)(H,27,31)(H,32,33). The van der Waals surface area contributed by atoms with Crippen LogP contribution in [0, 0.1) is 0 Å². The fourth-order valence-corrected chi connectivity index (χ4v) is 4.16. The number of amides is 2. The number of aliphatic carboxylic acids is 1. The van der Waals surface area contributed by atoms with E-state index in [-0.39, 0.29) is 31.5 Å². The highest BCUT2D eigenvalue weighted by molar-refractivity contribution is 5.79. The largest absolute Gasteiger partial charge is 0.480 e. The van der Waals surface area contributed by atoms with Crippen molar-refractivity contribution < 1.29 is 24.2 Å². The SMILES string of the molecule is O=C(O)Cn1cc(CNC(=O)CCCCNC(=O)OCC2c3ccccc3-c3ccccc32)nn1. The Morgan fingerprint density at radius 1 is 0.971 bits per heavy atom. The maximum absolute atomic E-state index is 12.2. The number of rotatable bonds is 11. The number of carboxylic acids is 1. The number of carbonyl (C=O) groups is 3. The van der Waals surface area contributed by atoms with E-state index in [0.29, 0.717) is 31.5 Å². The molecule has 0 unspecified atom stereocenters. The third-order valence-electron chi connectivity index (χ3n) is 5.79. The second-order valence-corrected chi connectivity index (χ2v) is 8.29. The molecule has 2 amide bonds. The van der Waals surface area contributed by atoms with Crippen LogP contribution in [0.1, 0.15) is 42.0 Å². The van der Waals surface area contributed by atoms with E-state index in [9.17, 15) is 14.4 Å². The Labute approximate surface area is 202 Å². The van der Waals surface area contributed by atoms with Gasteiger partial charge in [0.15, 0.2) is 0 Å². The summed E-state index contributed by atoms with van der Waals surface area (Å²) >= 11 is 0. The number of carbonyl (C=O) groups excluding carboxylic acids is 2. The van der Waals surface area contributed by atoms with Crippen LogP contribution in [0.25, 0.3) is 11.1 Å². The molecular formula is C25H27N5O5. The van der Waals surface area contributed by atoms with E-state index in [0.717, 1.165) is 11.1 Å². The van der Waals surface area contributed by atoms with Crippen molar-refractivity contribution in [2.24, 2.45) is 0 Å². The zero-order chi connectivity index (χ0) is 24.6. The first kappa shape index (κ1) is 23.9. The number of fused-ring (bicyclic) bond motifs is 3. The highest BCUT2D eigenvalue weighted by atomic mass is 16.5. The van der Waals surface area contributed by atoms with Gasteiger partial charge in [0, 0.05) is 18.9 Å². The maximum atomic E-state index is 12.2. The fourth-order valence-electron chi connectivity index (χ4n) is 4.16. The zero-order valence-electron chi connectivity index (χ0n) is 19.1. The van der Waals surface area contributed by atoms with E-state index < -0.39 is 12.1 Å². The van der Waals surface area contributed by atoms with Gasteiger partial charge in [0.1, 0.15) is 18.8 Å². The Hall–Kier alpha value is -4.21. The van der Waals surface area contributed by atoms with Crippen LogP contribution >= 0.6 is 0 Å². The van der Waals surface area contributed by atoms with Gasteiger partial charge in [0.2, 0.25) is 5.91 Å². The molecule has 1 heterocycles. The van der Waals surface area contributed by atoms with Crippen LogP contribution in [0.5, 0.6) is 0 Å². The summed E-state index contributed by atoms with van der Waals surface area (Å²) in [5.41, 5.74) is 5.17. The van der Waals surface area contributed by atoms with Crippen molar-refractivity contribution in [2.45, 2.75) is 38.3 Å². The lowest BCUT2D eigenvalue weighted by Crippen LogP contribution is -2.27. The Morgan fingerprint density at radius 2 is 1.66 bits per heavy atom. The van der Waals surface area contributed by atoms with E-state index in [1.165, 1.54) is 22.0 Å². The van der Waals surface area contributed by atoms with Crippen LogP contribution in [0.2, 0.25) is 0 Å². The molecule has 0 saturated heterocycles. The molecule has 182 valence electrons. The summed E-state index contributed by atoms with van der Waals surface area (Å²) in [5.74, 6) is -1.15. The third-order valence-corrected chi connectivity index (χ3v) is 5.79. The van der Waals surface area contributed by atoms with E-state index in [1.807, 2.05) is 24.3 Å². The van der Waals surface area contributed by atoms with Gasteiger partial charge in [-0.05, 0) is 35.1 Å². The Morgan fingerprint density at radius 3 is 2.34 bits per heavy atom. The molecule has 3 N–H and O–H groups in total. The summed E-state index contributed by atoms with van der Waals surface area (Å²) in [7, 11) is 0. The molecule has 0 spiro atoms. The van der Waals surface area contributed by atoms with Gasteiger partial charge >= 0.3 is 12.1 Å². The summed E-state index contributed by atoms with van der Waals surface area (Å²) in [5, 5.41) is 21.7. The number of ether oxygens (including phenoxy) is 1. The number of aromatic nitrogens is 3. The number of unbranched alkanes of at least 4 members (excludes halogenated alkanes) is 1. The van der Waals surface area contributed by atoms with Gasteiger partial charge in [-0.3, -0.25) is 9.59 Å². The second-order valence-electron chi connectivity index (χ2n) is 8.29. The van der Waals surface area contributed by atoms with Gasteiger partial charge in [0.25, 0.3) is 0 Å².